The minimum Gasteiger partial charge on any atom is -0.395 e. The van der Waals surface area contributed by atoms with E-state index in [9.17, 15) is 9.59 Å². The van der Waals surface area contributed by atoms with Gasteiger partial charge < -0.3 is 21.1 Å². The molecule has 5 N–H and O–H groups in total. The van der Waals surface area contributed by atoms with E-state index in [2.05, 4.69) is 26.0 Å². The number of carbonyl (C=O) groups excluding carboxylic acids is 2. The first-order valence-corrected chi connectivity index (χ1v) is 9.33. The van der Waals surface area contributed by atoms with Crippen LogP contribution >= 0.6 is 11.6 Å². The van der Waals surface area contributed by atoms with Gasteiger partial charge >= 0.3 is 6.03 Å². The molecule has 156 valence electrons. The Morgan fingerprint density at radius 2 is 2.17 bits per heavy atom. The second-order valence-electron chi connectivity index (χ2n) is 6.19. The van der Waals surface area contributed by atoms with Crippen LogP contribution in [0.1, 0.15) is 12.5 Å². The molecule has 3 aromatic rings. The maximum Gasteiger partial charge on any atom is 0.325 e. The molecule has 0 aliphatic carbocycles. The van der Waals surface area contributed by atoms with Crippen LogP contribution in [0, 0.1) is 0 Å². The number of hydrogen-bond donors (Lipinski definition) is 5. The predicted molar refractivity (Wildman–Crippen MR) is 115 cm³/mol. The molecule has 0 spiro atoms. The lowest BCUT2D eigenvalue weighted by Crippen LogP contribution is -2.33. The Labute approximate surface area is 176 Å². The third-order valence-corrected chi connectivity index (χ3v) is 4.12. The maximum atomic E-state index is 11.5. The summed E-state index contributed by atoms with van der Waals surface area (Å²) in [5.74, 6) is 1.15. The van der Waals surface area contributed by atoms with Crippen LogP contribution in [0.3, 0.4) is 0 Å². The predicted octanol–water partition coefficient (Wildman–Crippen LogP) is 2.35. The largest absolute Gasteiger partial charge is 0.395 e. The summed E-state index contributed by atoms with van der Waals surface area (Å²) in [4.78, 5) is 26.5. The van der Waals surface area contributed by atoms with Crippen LogP contribution in [0.15, 0.2) is 42.2 Å². The Kier molecular flexibility index (Phi) is 6.83. The number of anilines is 3. The van der Waals surface area contributed by atoms with Crippen LogP contribution in [0.5, 0.6) is 0 Å². The van der Waals surface area contributed by atoms with Gasteiger partial charge in [0.05, 0.1) is 12.8 Å². The molecule has 0 saturated carbocycles. The molecule has 0 fully saturated rings. The van der Waals surface area contributed by atoms with E-state index in [1.807, 2.05) is 17.4 Å². The number of imide groups is 1. The summed E-state index contributed by atoms with van der Waals surface area (Å²) in [6, 6.07) is 8.33. The number of aliphatic hydroxyl groups is 1. The Morgan fingerprint density at radius 1 is 1.33 bits per heavy atom. The van der Waals surface area contributed by atoms with Gasteiger partial charge in [0.1, 0.15) is 11.6 Å². The van der Waals surface area contributed by atoms with Gasteiger partial charge in [0, 0.05) is 34.6 Å². The molecular formula is C19H20ClN7O3. The van der Waals surface area contributed by atoms with Crippen molar-refractivity contribution in [3.8, 4) is 0 Å². The third-order valence-electron chi connectivity index (χ3n) is 3.89. The van der Waals surface area contributed by atoms with E-state index >= 15 is 0 Å². The fourth-order valence-electron chi connectivity index (χ4n) is 2.71. The molecule has 1 aromatic carbocycles. The average molecular weight is 430 g/mol. The molecule has 0 atom stereocenters. The number of amides is 3. The van der Waals surface area contributed by atoms with Crippen LogP contribution in [-0.2, 0) is 4.79 Å². The molecule has 0 aliphatic heterocycles. The summed E-state index contributed by atoms with van der Waals surface area (Å²) in [6.07, 6.45) is 3.57. The Bertz CT molecular complexity index is 1100. The quantitative estimate of drug-likeness (QED) is 0.347. The number of urea groups is 1. The smallest absolute Gasteiger partial charge is 0.325 e. The number of nitrogens with one attached hydrogen (secondary N) is 4. The number of benzene rings is 1. The highest BCUT2D eigenvalue weighted by molar-refractivity contribution is 6.30. The molecule has 0 aliphatic rings. The molecule has 0 radical (unpaired) electrons. The van der Waals surface area contributed by atoms with Gasteiger partial charge in [-0.2, -0.15) is 9.61 Å². The van der Waals surface area contributed by atoms with Crippen LogP contribution in [0.2, 0.25) is 5.02 Å². The number of fused-ring (bicyclic) bond motifs is 1. The standard InChI is InChI=1S/C19H20ClN7O3/c1-12(24-19(30)22-11-29)7-13-10-23-27-17(21-5-6-28)9-16(26-18(13)27)25-15-4-2-3-14(20)8-15/h2-4,7-11,21,28H,5-6H2,1H3,(H,25,26)(H2,22,24,29,30)/b12-7-. The zero-order chi connectivity index (χ0) is 21.5. The second kappa shape index (κ2) is 9.72. The van der Waals surface area contributed by atoms with Crippen molar-refractivity contribution in [2.45, 2.75) is 6.92 Å². The molecule has 3 amide bonds. The number of hydrogen-bond acceptors (Lipinski definition) is 7. The van der Waals surface area contributed by atoms with E-state index in [1.54, 1.807) is 41.9 Å². The molecule has 3 rings (SSSR count). The fourth-order valence-corrected chi connectivity index (χ4v) is 2.90. The molecule has 30 heavy (non-hydrogen) atoms. The van der Waals surface area contributed by atoms with Crippen LogP contribution in [0.25, 0.3) is 11.7 Å². The van der Waals surface area contributed by atoms with E-state index in [0.717, 1.165) is 5.69 Å². The second-order valence-corrected chi connectivity index (χ2v) is 6.63. The van der Waals surface area contributed by atoms with Gasteiger partial charge in [-0.1, -0.05) is 17.7 Å². The molecule has 2 aromatic heterocycles. The van der Waals surface area contributed by atoms with E-state index in [-0.39, 0.29) is 6.61 Å². The highest BCUT2D eigenvalue weighted by Crippen LogP contribution is 2.24. The molecule has 0 unspecified atom stereocenters. The van der Waals surface area contributed by atoms with E-state index in [0.29, 0.717) is 46.5 Å². The van der Waals surface area contributed by atoms with Crippen molar-refractivity contribution < 1.29 is 14.7 Å². The minimum atomic E-state index is -0.642. The van der Waals surface area contributed by atoms with Gasteiger partial charge in [0.2, 0.25) is 6.41 Å². The zero-order valence-electron chi connectivity index (χ0n) is 16.0. The average Bonchev–Trinajstić information content (AvgIpc) is 3.09. The van der Waals surface area contributed by atoms with E-state index in [4.69, 9.17) is 16.7 Å². The van der Waals surface area contributed by atoms with Crippen molar-refractivity contribution in [1.29, 1.82) is 0 Å². The van der Waals surface area contributed by atoms with Crippen LogP contribution in [-0.4, -0.2) is 45.3 Å². The number of carbonyl (C=O) groups is 2. The third kappa shape index (κ3) is 5.25. The van der Waals surface area contributed by atoms with Crippen molar-refractivity contribution in [2.75, 3.05) is 23.8 Å². The zero-order valence-corrected chi connectivity index (χ0v) is 16.8. The normalized spacial score (nSPS) is 11.2. The monoisotopic (exact) mass is 429 g/mol. The van der Waals surface area contributed by atoms with Crippen molar-refractivity contribution in [3.05, 3.63) is 52.8 Å². The summed E-state index contributed by atoms with van der Waals surface area (Å²) in [6.45, 7) is 1.95. The van der Waals surface area contributed by atoms with E-state index < -0.39 is 6.03 Å². The summed E-state index contributed by atoms with van der Waals surface area (Å²) in [5, 5.41) is 24.9. The van der Waals surface area contributed by atoms with Crippen molar-refractivity contribution in [2.24, 2.45) is 0 Å². The van der Waals surface area contributed by atoms with Gasteiger partial charge in [-0.25, -0.2) is 9.78 Å². The summed E-state index contributed by atoms with van der Waals surface area (Å²) < 4.78 is 1.59. The van der Waals surface area contributed by atoms with Crippen LogP contribution in [0.4, 0.5) is 22.1 Å². The highest BCUT2D eigenvalue weighted by Gasteiger charge is 2.12. The first-order chi connectivity index (χ1) is 14.5. The number of halogens is 1. The molecular weight excluding hydrogens is 410 g/mol. The maximum absolute atomic E-state index is 11.5. The van der Waals surface area contributed by atoms with Crippen LogP contribution < -0.4 is 21.3 Å². The highest BCUT2D eigenvalue weighted by atomic mass is 35.5. The lowest BCUT2D eigenvalue weighted by Gasteiger charge is -2.12. The molecule has 0 saturated heterocycles. The first-order valence-electron chi connectivity index (χ1n) is 8.95. The van der Waals surface area contributed by atoms with Gasteiger partial charge in [-0.15, -0.1) is 0 Å². The number of allylic oxidation sites excluding steroid dienone is 1. The minimum absolute atomic E-state index is 0.0518. The van der Waals surface area contributed by atoms with Crippen molar-refractivity contribution in [1.82, 2.24) is 25.2 Å². The Balaban J connectivity index is 1.98. The Hall–Kier alpha value is -3.63. The van der Waals surface area contributed by atoms with Crippen molar-refractivity contribution >= 4 is 53.1 Å². The number of rotatable bonds is 8. The topological polar surface area (TPSA) is 133 Å². The Morgan fingerprint density at radius 3 is 2.90 bits per heavy atom. The van der Waals surface area contributed by atoms with E-state index in [1.165, 1.54) is 0 Å². The molecule has 0 bridgehead atoms. The lowest BCUT2D eigenvalue weighted by atomic mass is 10.2. The van der Waals surface area contributed by atoms with Gasteiger partial charge in [-0.3, -0.25) is 10.1 Å². The number of aliphatic hydroxyl groups excluding tert-OH is 1. The lowest BCUT2D eigenvalue weighted by molar-refractivity contribution is -0.108. The van der Waals surface area contributed by atoms with Gasteiger partial charge in [-0.05, 0) is 31.2 Å². The first kappa shape index (κ1) is 21.1. The summed E-state index contributed by atoms with van der Waals surface area (Å²) >= 11 is 6.05. The SMILES string of the molecule is C/C(=C/c1cnn2c(NCCO)cc(Nc3cccc(Cl)c3)nc12)NC(=O)NC=O. The molecule has 2 heterocycles. The summed E-state index contributed by atoms with van der Waals surface area (Å²) in [5.41, 5.74) is 2.40. The van der Waals surface area contributed by atoms with Crippen molar-refractivity contribution in [3.63, 3.8) is 0 Å². The number of aromatic nitrogens is 3. The molecule has 11 heteroatoms. The van der Waals surface area contributed by atoms with Gasteiger partial charge in [0.15, 0.2) is 5.65 Å². The summed E-state index contributed by atoms with van der Waals surface area (Å²) in [7, 11) is 0. The molecule has 10 nitrogen and oxygen atoms in total. The fraction of sp³-hybridized carbons (Fsp3) is 0.158. The number of nitrogens with zero attached hydrogens (tertiary/aromatic N) is 3. The van der Waals surface area contributed by atoms with Gasteiger partial charge in [0.25, 0.3) is 0 Å².